The van der Waals surface area contributed by atoms with Crippen LogP contribution in [0.3, 0.4) is 0 Å². The monoisotopic (exact) mass is 403 g/mol. The van der Waals surface area contributed by atoms with Crippen molar-refractivity contribution in [2.45, 2.75) is 4.90 Å². The predicted molar refractivity (Wildman–Crippen MR) is 105 cm³/mol. The first-order chi connectivity index (χ1) is 12.3. The highest BCUT2D eigenvalue weighted by Gasteiger charge is 2.20. The van der Waals surface area contributed by atoms with Crippen LogP contribution in [-0.2, 0) is 10.1 Å². The molecule has 0 aliphatic rings. The van der Waals surface area contributed by atoms with Gasteiger partial charge in [0.05, 0.1) is 11.0 Å². The third-order valence-electron chi connectivity index (χ3n) is 4.13. The Morgan fingerprint density at radius 2 is 1.35 bits per heavy atom. The third kappa shape index (κ3) is 2.93. The number of rotatable bonds is 2. The molecule has 0 amide bonds. The molecule has 4 nitrogen and oxygen atoms in total. The molecule has 130 valence electrons. The van der Waals surface area contributed by atoms with Gasteiger partial charge in [-0.1, -0.05) is 53.5 Å². The fourth-order valence-electron chi connectivity index (χ4n) is 3.08. The highest BCUT2D eigenvalue weighted by molar-refractivity contribution is 7.86. The first kappa shape index (κ1) is 17.2. The number of halogens is 2. The van der Waals surface area contributed by atoms with E-state index in [1.165, 1.54) is 6.07 Å². The van der Waals surface area contributed by atoms with Gasteiger partial charge < -0.3 is 0 Å². The molecule has 7 heteroatoms. The molecule has 0 aliphatic heterocycles. The summed E-state index contributed by atoms with van der Waals surface area (Å²) in [6.45, 7) is 0. The Kier molecular flexibility index (Phi) is 4.12. The van der Waals surface area contributed by atoms with Crippen molar-refractivity contribution in [2.75, 3.05) is 0 Å². The van der Waals surface area contributed by atoms with Crippen molar-refractivity contribution >= 4 is 55.1 Å². The van der Waals surface area contributed by atoms with Gasteiger partial charge in [-0.05, 0) is 30.3 Å². The lowest BCUT2D eigenvalue weighted by atomic mass is 9.96. The molecular formula is C19H11Cl2NO3S. The van der Waals surface area contributed by atoms with Gasteiger partial charge in [-0.25, -0.2) is 4.98 Å². The fourth-order valence-corrected chi connectivity index (χ4v) is 4.11. The standard InChI is InChI=1S/C19H11Cl2NO3S/c20-11-5-7-13-16(9-11)22-17-10-12(21)6-8-14(17)19(13)15-3-1-2-4-18(15)26(23,24)25/h1-10H,(H,23,24,25). The molecule has 3 aromatic carbocycles. The minimum absolute atomic E-state index is 0.168. The highest BCUT2D eigenvalue weighted by atomic mass is 35.5. The van der Waals surface area contributed by atoms with Gasteiger partial charge in [0, 0.05) is 31.9 Å². The van der Waals surface area contributed by atoms with Crippen LogP contribution >= 0.6 is 23.2 Å². The molecule has 26 heavy (non-hydrogen) atoms. The molecule has 1 N–H and O–H groups in total. The second-order valence-corrected chi connectivity index (χ2v) is 8.04. The maximum atomic E-state index is 11.9. The summed E-state index contributed by atoms with van der Waals surface area (Å²) in [4.78, 5) is 4.43. The molecule has 0 fully saturated rings. The number of benzene rings is 3. The summed E-state index contributed by atoms with van der Waals surface area (Å²) >= 11 is 12.2. The quantitative estimate of drug-likeness (QED) is 0.348. The van der Waals surface area contributed by atoms with Gasteiger partial charge in [0.15, 0.2) is 0 Å². The molecule has 4 aromatic rings. The van der Waals surface area contributed by atoms with Crippen molar-refractivity contribution in [1.82, 2.24) is 4.98 Å². The van der Waals surface area contributed by atoms with E-state index in [1.807, 2.05) is 0 Å². The molecule has 0 unspecified atom stereocenters. The average molecular weight is 404 g/mol. The highest BCUT2D eigenvalue weighted by Crippen LogP contribution is 2.39. The maximum Gasteiger partial charge on any atom is 0.295 e. The number of hydrogen-bond donors (Lipinski definition) is 1. The van der Waals surface area contributed by atoms with Gasteiger partial charge in [-0.3, -0.25) is 4.55 Å². The van der Waals surface area contributed by atoms with Crippen LogP contribution in [0, 0.1) is 0 Å². The summed E-state index contributed by atoms with van der Waals surface area (Å²) < 4.78 is 33.5. The van der Waals surface area contributed by atoms with E-state index in [1.54, 1.807) is 54.6 Å². The van der Waals surface area contributed by atoms with Gasteiger partial charge in [0.2, 0.25) is 0 Å². The average Bonchev–Trinajstić information content (AvgIpc) is 2.58. The summed E-state index contributed by atoms with van der Waals surface area (Å²) in [5.74, 6) is 0. The number of fused-ring (bicyclic) bond motifs is 2. The molecule has 0 radical (unpaired) electrons. The molecule has 1 aromatic heterocycles. The van der Waals surface area contributed by atoms with Gasteiger partial charge in [0.1, 0.15) is 4.90 Å². The van der Waals surface area contributed by atoms with E-state index in [0.717, 1.165) is 10.8 Å². The lowest BCUT2D eigenvalue weighted by molar-refractivity contribution is 0.483. The molecule has 1 heterocycles. The van der Waals surface area contributed by atoms with Crippen LogP contribution in [0.4, 0.5) is 0 Å². The Balaban J connectivity index is 2.25. The second-order valence-electron chi connectivity index (χ2n) is 5.78. The number of pyridine rings is 1. The lowest BCUT2D eigenvalue weighted by Gasteiger charge is -2.14. The Labute approximate surface area is 159 Å². The zero-order valence-corrected chi connectivity index (χ0v) is 15.5. The van der Waals surface area contributed by atoms with Gasteiger partial charge in [-0.15, -0.1) is 0 Å². The minimum atomic E-state index is -4.41. The van der Waals surface area contributed by atoms with Crippen molar-refractivity contribution in [3.05, 3.63) is 70.7 Å². The van der Waals surface area contributed by atoms with E-state index in [-0.39, 0.29) is 4.90 Å². The van der Waals surface area contributed by atoms with E-state index in [2.05, 4.69) is 4.98 Å². The van der Waals surface area contributed by atoms with Crippen molar-refractivity contribution < 1.29 is 13.0 Å². The van der Waals surface area contributed by atoms with Crippen LogP contribution < -0.4 is 0 Å². The molecule has 0 aliphatic carbocycles. The lowest BCUT2D eigenvalue weighted by Crippen LogP contribution is -2.01. The van der Waals surface area contributed by atoms with Crippen LogP contribution in [0.25, 0.3) is 32.9 Å². The van der Waals surface area contributed by atoms with E-state index in [4.69, 9.17) is 23.2 Å². The third-order valence-corrected chi connectivity index (χ3v) is 5.52. The molecule has 0 spiro atoms. The number of hydrogen-bond acceptors (Lipinski definition) is 3. The Bertz CT molecular complexity index is 1230. The normalized spacial score (nSPS) is 12.0. The topological polar surface area (TPSA) is 67.3 Å². The summed E-state index contributed by atoms with van der Waals surface area (Å²) in [6, 6.07) is 16.7. The number of aromatic nitrogens is 1. The molecular weight excluding hydrogens is 393 g/mol. The van der Waals surface area contributed by atoms with E-state index in [9.17, 15) is 13.0 Å². The smallest absolute Gasteiger partial charge is 0.282 e. The summed E-state index contributed by atoms with van der Waals surface area (Å²) in [7, 11) is -4.41. The summed E-state index contributed by atoms with van der Waals surface area (Å²) in [6.07, 6.45) is 0. The minimum Gasteiger partial charge on any atom is -0.282 e. The molecule has 0 saturated carbocycles. The second kappa shape index (κ2) is 6.21. The van der Waals surface area contributed by atoms with Gasteiger partial charge in [-0.2, -0.15) is 8.42 Å². The first-order valence-corrected chi connectivity index (χ1v) is 9.79. The zero-order valence-electron chi connectivity index (χ0n) is 13.1. The Morgan fingerprint density at radius 3 is 1.88 bits per heavy atom. The summed E-state index contributed by atoms with van der Waals surface area (Å²) in [5.41, 5.74) is 2.24. The van der Waals surface area contributed by atoms with Crippen molar-refractivity contribution in [1.29, 1.82) is 0 Å². The van der Waals surface area contributed by atoms with Crippen molar-refractivity contribution in [3.8, 4) is 11.1 Å². The van der Waals surface area contributed by atoms with Crippen LogP contribution in [0.2, 0.25) is 10.0 Å². The molecule has 0 bridgehead atoms. The van der Waals surface area contributed by atoms with E-state index < -0.39 is 10.1 Å². The fraction of sp³-hybridized carbons (Fsp3) is 0. The SMILES string of the molecule is O=S(=O)(O)c1ccccc1-c1c2ccc(Cl)cc2nc2cc(Cl)ccc12. The largest absolute Gasteiger partial charge is 0.295 e. The van der Waals surface area contributed by atoms with Crippen LogP contribution in [-0.4, -0.2) is 18.0 Å². The number of nitrogens with zero attached hydrogens (tertiary/aromatic N) is 1. The molecule has 0 saturated heterocycles. The van der Waals surface area contributed by atoms with Crippen LogP contribution in [0.15, 0.2) is 65.6 Å². The van der Waals surface area contributed by atoms with Crippen LogP contribution in [0.5, 0.6) is 0 Å². The van der Waals surface area contributed by atoms with Gasteiger partial charge >= 0.3 is 0 Å². The zero-order chi connectivity index (χ0) is 18.5. The predicted octanol–water partition coefficient (Wildman–Crippen LogP) is 5.61. The molecule has 4 rings (SSSR count). The maximum absolute atomic E-state index is 11.9. The van der Waals surface area contributed by atoms with E-state index in [0.29, 0.717) is 32.2 Å². The Hall–Kier alpha value is -2.18. The van der Waals surface area contributed by atoms with Crippen molar-refractivity contribution in [3.63, 3.8) is 0 Å². The first-order valence-electron chi connectivity index (χ1n) is 7.60. The molecule has 0 atom stereocenters. The Morgan fingerprint density at radius 1 is 0.808 bits per heavy atom. The van der Waals surface area contributed by atoms with Crippen LogP contribution in [0.1, 0.15) is 0 Å². The van der Waals surface area contributed by atoms with E-state index >= 15 is 0 Å². The van der Waals surface area contributed by atoms with Crippen molar-refractivity contribution in [2.24, 2.45) is 0 Å². The van der Waals surface area contributed by atoms with Gasteiger partial charge in [0.25, 0.3) is 10.1 Å². The summed E-state index contributed by atoms with van der Waals surface area (Å²) in [5, 5.41) is 2.47.